The Balaban J connectivity index is 1.87. The molecule has 14 nitrogen and oxygen atoms in total. The number of halogens is 2. The highest BCUT2D eigenvalue weighted by Gasteiger charge is 2.33. The Hall–Kier alpha value is -3.67. The van der Waals surface area contributed by atoms with E-state index in [1.54, 1.807) is 56.3 Å². The van der Waals surface area contributed by atoms with Crippen LogP contribution in [0.2, 0.25) is 10.0 Å². The quantitative estimate of drug-likeness (QED) is 0.108. The first kappa shape index (κ1) is 40.1. The van der Waals surface area contributed by atoms with Gasteiger partial charge in [0.2, 0.25) is 0 Å². The van der Waals surface area contributed by atoms with Crippen molar-refractivity contribution in [2.45, 2.75) is 53.6 Å². The molecule has 278 valence electrons. The van der Waals surface area contributed by atoms with Crippen LogP contribution in [0, 0.1) is 0 Å². The number of imidazole rings is 1. The van der Waals surface area contributed by atoms with Crippen LogP contribution < -0.4 is 14.4 Å². The van der Waals surface area contributed by atoms with Gasteiger partial charge in [-0.15, -0.1) is 0 Å². The number of aromatic nitrogens is 2. The Kier molecular flexibility index (Phi) is 13.2. The predicted molar refractivity (Wildman–Crippen MR) is 196 cm³/mol. The number of ether oxygens (including phenoxy) is 2. The molecule has 0 saturated carbocycles. The molecule has 0 aliphatic carbocycles. The van der Waals surface area contributed by atoms with E-state index in [4.69, 9.17) is 32.7 Å². The molecule has 0 saturated heterocycles. The zero-order valence-corrected chi connectivity index (χ0v) is 31.8. The molecule has 0 unspecified atom stereocenters. The first-order valence-corrected chi connectivity index (χ1v) is 20.3. The number of hydrogen-bond acceptors (Lipinski definition) is 10. The number of hydrogen-bond donors (Lipinski definition) is 2. The van der Waals surface area contributed by atoms with Crippen LogP contribution >= 0.6 is 23.2 Å². The van der Waals surface area contributed by atoms with Crippen molar-refractivity contribution in [3.8, 4) is 0 Å². The van der Waals surface area contributed by atoms with E-state index in [1.165, 1.54) is 0 Å². The highest BCUT2D eigenvalue weighted by atomic mass is 35.5. The number of allylic oxidation sites excluding steroid dienone is 2. The van der Waals surface area contributed by atoms with Gasteiger partial charge in [-0.1, -0.05) is 29.3 Å². The van der Waals surface area contributed by atoms with Crippen molar-refractivity contribution in [2.24, 2.45) is 0 Å². The molecule has 0 fully saturated rings. The normalized spacial score (nSPS) is 14.2. The lowest BCUT2D eigenvalue weighted by molar-refractivity contribution is -0.673. The summed E-state index contributed by atoms with van der Waals surface area (Å²) in [7, 11) is -8.48. The number of rotatable bonds is 16. The second-order valence-corrected chi connectivity index (χ2v) is 15.4. The highest BCUT2D eigenvalue weighted by Crippen LogP contribution is 2.44. The Morgan fingerprint density at radius 2 is 1.37 bits per heavy atom. The van der Waals surface area contributed by atoms with Gasteiger partial charge in [0.1, 0.15) is 5.82 Å². The summed E-state index contributed by atoms with van der Waals surface area (Å²) in [5, 5.41) is 0.360. The fourth-order valence-electron chi connectivity index (χ4n) is 6.01. The molecular formula is C33H41Cl2N4O10S2+. The number of nitrogens with zero attached hydrogens (tertiary/aromatic N) is 4. The number of aryl methyl sites for hydroxylation is 2. The summed E-state index contributed by atoms with van der Waals surface area (Å²) in [5.41, 5.74) is 2.80. The van der Waals surface area contributed by atoms with E-state index in [1.807, 2.05) is 32.8 Å². The van der Waals surface area contributed by atoms with Gasteiger partial charge in [-0.3, -0.25) is 9.11 Å². The third-order valence-electron chi connectivity index (χ3n) is 8.08. The monoisotopic (exact) mass is 787 g/mol. The third kappa shape index (κ3) is 9.42. The number of esters is 2. The van der Waals surface area contributed by atoms with Crippen molar-refractivity contribution >= 4 is 83.9 Å². The lowest BCUT2D eigenvalue weighted by atomic mass is 10.1. The van der Waals surface area contributed by atoms with Crippen LogP contribution in [0.3, 0.4) is 0 Å². The van der Waals surface area contributed by atoms with Crippen LogP contribution in [-0.4, -0.2) is 80.3 Å². The van der Waals surface area contributed by atoms with Gasteiger partial charge in [-0.25, -0.2) is 18.7 Å². The Morgan fingerprint density at radius 1 is 0.804 bits per heavy atom. The molecule has 2 N–H and O–H groups in total. The highest BCUT2D eigenvalue weighted by molar-refractivity contribution is 7.86. The minimum atomic E-state index is -4.24. The van der Waals surface area contributed by atoms with Crippen LogP contribution in [0.4, 0.5) is 11.4 Å². The van der Waals surface area contributed by atoms with E-state index in [-0.39, 0.29) is 60.3 Å². The summed E-state index contributed by atoms with van der Waals surface area (Å²) in [6.07, 6.45) is 5.49. The van der Waals surface area contributed by atoms with E-state index in [9.17, 15) is 35.5 Å². The fourth-order valence-corrected chi connectivity index (χ4v) is 7.47. The molecular weight excluding hydrogens is 747 g/mol. The van der Waals surface area contributed by atoms with Crippen molar-refractivity contribution in [1.82, 2.24) is 4.57 Å². The Bertz CT molecular complexity index is 2100. The van der Waals surface area contributed by atoms with Gasteiger partial charge >= 0.3 is 11.9 Å². The average molecular weight is 789 g/mol. The second kappa shape index (κ2) is 16.8. The van der Waals surface area contributed by atoms with Crippen LogP contribution in [0.1, 0.15) is 67.1 Å². The number of benzene rings is 2. The molecule has 3 aromatic rings. The number of anilines is 2. The fraction of sp³-hybridized carbons (Fsp3) is 0.424. The molecule has 0 atom stereocenters. The van der Waals surface area contributed by atoms with Gasteiger partial charge < -0.3 is 19.3 Å². The van der Waals surface area contributed by atoms with Gasteiger partial charge in [-0.2, -0.15) is 16.8 Å². The molecule has 1 aromatic heterocycles. The largest absolute Gasteiger partial charge is 0.462 e. The van der Waals surface area contributed by atoms with Crippen LogP contribution in [0.25, 0.3) is 17.1 Å². The molecule has 18 heteroatoms. The van der Waals surface area contributed by atoms with Crippen molar-refractivity contribution in [3.63, 3.8) is 0 Å². The molecule has 4 rings (SSSR count). The molecule has 0 bridgehead atoms. The average Bonchev–Trinajstić information content (AvgIpc) is 3.48. The molecule has 2 heterocycles. The van der Waals surface area contributed by atoms with Gasteiger partial charge in [0.15, 0.2) is 11.0 Å². The second-order valence-electron chi connectivity index (χ2n) is 11.4. The van der Waals surface area contributed by atoms with Gasteiger partial charge in [0.05, 0.1) is 70.4 Å². The van der Waals surface area contributed by atoms with Gasteiger partial charge in [0.25, 0.3) is 26.1 Å². The van der Waals surface area contributed by atoms with Crippen LogP contribution in [0.15, 0.2) is 42.2 Å². The maximum atomic E-state index is 12.7. The molecule has 1 aliphatic heterocycles. The first-order valence-electron chi connectivity index (χ1n) is 16.3. The minimum Gasteiger partial charge on any atom is -0.462 e. The van der Waals surface area contributed by atoms with Gasteiger partial charge in [-0.05, 0) is 52.3 Å². The summed E-state index contributed by atoms with van der Waals surface area (Å²) in [6, 6.07) is 6.49. The minimum absolute atomic E-state index is 0.0651. The number of fused-ring (bicyclic) bond motifs is 2. The smallest absolute Gasteiger partial charge is 0.339 e. The van der Waals surface area contributed by atoms with Crippen LogP contribution in [-0.2, 0) is 42.8 Å². The van der Waals surface area contributed by atoms with E-state index < -0.39 is 43.7 Å². The molecule has 51 heavy (non-hydrogen) atoms. The summed E-state index contributed by atoms with van der Waals surface area (Å²) in [6.45, 7) is 8.73. The number of carbonyl (C=O) groups is 2. The summed E-state index contributed by atoms with van der Waals surface area (Å²) in [4.78, 5) is 29.2. The summed E-state index contributed by atoms with van der Waals surface area (Å²) < 4.78 is 79.3. The topological polar surface area (TPSA) is 177 Å². The standard InChI is InChI=1S/C33H40Cl2N4O10S2/c1-5-36-28-20-24(34)22(32(40)48-7-3)18-26(28)38(14-10-16-50(42,43)44)30(36)12-9-13-31-37(6-2)29-21-25(35)23(33(41)49-8-4)19-27(29)39(31)15-11-17-51(45,46)47/h9,12-13,18-21H,5-8,10-11,14-17H2,1-4H3,(H-,42,43,44,45,46,47)/p+1. The summed E-state index contributed by atoms with van der Waals surface area (Å²) in [5.74, 6) is -0.936. The van der Waals surface area contributed by atoms with E-state index in [0.29, 0.717) is 47.1 Å². The van der Waals surface area contributed by atoms with E-state index in [2.05, 4.69) is 0 Å². The zero-order chi connectivity index (χ0) is 37.7. The molecule has 0 amide bonds. The van der Waals surface area contributed by atoms with Crippen molar-refractivity contribution in [3.05, 3.63) is 69.2 Å². The SMILES string of the molecule is CCOC(=O)c1cc2c(cc1Cl)N(CC)/C(=C\C=C\c1n(CC)c3cc(Cl)c(C(=O)OCC)cc3[n+]1CCCS(=O)(=O)O)N2CCCS(=O)(=O)O. The Labute approximate surface area is 307 Å². The lowest BCUT2D eigenvalue weighted by Gasteiger charge is -2.24. The van der Waals surface area contributed by atoms with Crippen molar-refractivity contribution < 1.29 is 49.6 Å². The Morgan fingerprint density at radius 3 is 1.94 bits per heavy atom. The molecule has 0 radical (unpaired) electrons. The maximum absolute atomic E-state index is 12.7. The molecule has 1 aliphatic rings. The summed E-state index contributed by atoms with van der Waals surface area (Å²) >= 11 is 13.1. The van der Waals surface area contributed by atoms with Crippen LogP contribution in [0.5, 0.6) is 0 Å². The van der Waals surface area contributed by atoms with E-state index in [0.717, 1.165) is 0 Å². The molecule has 2 aromatic carbocycles. The predicted octanol–water partition coefficient (Wildman–Crippen LogP) is 5.37. The van der Waals surface area contributed by atoms with Crippen molar-refractivity contribution in [1.29, 1.82) is 0 Å². The van der Waals surface area contributed by atoms with Gasteiger partial charge in [0, 0.05) is 37.7 Å². The maximum Gasteiger partial charge on any atom is 0.339 e. The number of carbonyl (C=O) groups excluding carboxylic acids is 2. The van der Waals surface area contributed by atoms with Crippen molar-refractivity contribution in [2.75, 3.05) is 47.6 Å². The van der Waals surface area contributed by atoms with E-state index >= 15 is 0 Å². The third-order valence-corrected chi connectivity index (χ3v) is 10.3. The molecule has 0 spiro atoms. The zero-order valence-electron chi connectivity index (χ0n) is 28.6. The lowest BCUT2D eigenvalue weighted by Crippen LogP contribution is -2.37. The first-order chi connectivity index (χ1) is 24.0.